The zero-order chi connectivity index (χ0) is 16.8. The predicted molar refractivity (Wildman–Crippen MR) is 94.1 cm³/mol. The van der Waals surface area contributed by atoms with Crippen LogP contribution in [0.4, 0.5) is 5.69 Å². The van der Waals surface area contributed by atoms with Crippen LogP contribution in [-0.2, 0) is 4.79 Å². The zero-order valence-corrected chi connectivity index (χ0v) is 14.3. The molecule has 23 heavy (non-hydrogen) atoms. The fourth-order valence-electron chi connectivity index (χ4n) is 1.94. The zero-order valence-electron chi connectivity index (χ0n) is 12.8. The van der Waals surface area contributed by atoms with Crippen LogP contribution < -0.4 is 10.1 Å². The van der Waals surface area contributed by atoms with Crippen LogP contribution >= 0.6 is 15.9 Å². The maximum atomic E-state index is 12.2. The smallest absolute Gasteiger partial charge is 0.266 e. The summed E-state index contributed by atoms with van der Waals surface area (Å²) in [6.45, 7) is 1.97. The van der Waals surface area contributed by atoms with Gasteiger partial charge in [0, 0.05) is 10.2 Å². The molecule has 0 bridgehead atoms. The fourth-order valence-corrected chi connectivity index (χ4v) is 2.43. The number of aryl methyl sites for hydroxylation is 1. The van der Waals surface area contributed by atoms with Crippen molar-refractivity contribution in [3.8, 4) is 11.8 Å². The molecule has 5 heteroatoms. The lowest BCUT2D eigenvalue weighted by molar-refractivity contribution is -0.112. The molecule has 0 radical (unpaired) electrons. The average molecular weight is 371 g/mol. The highest BCUT2D eigenvalue weighted by atomic mass is 79.9. The van der Waals surface area contributed by atoms with Gasteiger partial charge in [-0.1, -0.05) is 33.6 Å². The van der Waals surface area contributed by atoms with Gasteiger partial charge in [0.2, 0.25) is 0 Å². The summed E-state index contributed by atoms with van der Waals surface area (Å²) in [6, 6.07) is 14.7. The van der Waals surface area contributed by atoms with Gasteiger partial charge in [-0.05, 0) is 48.9 Å². The molecule has 4 nitrogen and oxygen atoms in total. The summed E-state index contributed by atoms with van der Waals surface area (Å²) in [5, 5.41) is 12.0. The minimum Gasteiger partial charge on any atom is -0.497 e. The van der Waals surface area contributed by atoms with Gasteiger partial charge in [0.1, 0.15) is 17.4 Å². The molecule has 1 amide bonds. The second kappa shape index (κ2) is 7.61. The van der Waals surface area contributed by atoms with E-state index in [1.165, 1.54) is 6.08 Å². The minimum atomic E-state index is -0.449. The lowest BCUT2D eigenvalue weighted by Crippen LogP contribution is -2.13. The SMILES string of the molecule is COc1cc(Br)cc(/C=C(\C#N)C(=O)Nc2ccc(C)cc2)c1. The third kappa shape index (κ3) is 4.70. The predicted octanol–water partition coefficient (Wildman–Crippen LogP) is 4.31. The topological polar surface area (TPSA) is 62.1 Å². The van der Waals surface area contributed by atoms with E-state index in [1.807, 2.05) is 25.1 Å². The Kier molecular flexibility index (Phi) is 5.56. The first-order valence-electron chi connectivity index (χ1n) is 6.86. The van der Waals surface area contributed by atoms with E-state index in [0.29, 0.717) is 17.0 Å². The number of nitrogens with one attached hydrogen (secondary N) is 1. The Balaban J connectivity index is 2.24. The molecule has 0 aromatic heterocycles. The summed E-state index contributed by atoms with van der Waals surface area (Å²) in [7, 11) is 1.56. The lowest BCUT2D eigenvalue weighted by atomic mass is 10.1. The van der Waals surface area contributed by atoms with Crippen molar-refractivity contribution in [2.45, 2.75) is 6.92 Å². The first kappa shape index (κ1) is 16.8. The van der Waals surface area contributed by atoms with Crippen molar-refractivity contribution in [2.24, 2.45) is 0 Å². The van der Waals surface area contributed by atoms with E-state index in [2.05, 4.69) is 21.2 Å². The molecule has 0 saturated heterocycles. The highest BCUT2D eigenvalue weighted by Gasteiger charge is 2.10. The van der Waals surface area contributed by atoms with Crippen LogP contribution in [0, 0.1) is 18.3 Å². The summed E-state index contributed by atoms with van der Waals surface area (Å²) in [5.41, 5.74) is 2.46. The molecule has 0 heterocycles. The molecule has 0 aliphatic heterocycles. The Hall–Kier alpha value is -2.58. The van der Waals surface area contributed by atoms with Crippen LogP contribution in [-0.4, -0.2) is 13.0 Å². The van der Waals surface area contributed by atoms with Crippen LogP contribution in [0.15, 0.2) is 52.5 Å². The molecule has 2 aromatic rings. The molecule has 0 aliphatic carbocycles. The number of carbonyl (C=O) groups excluding carboxylic acids is 1. The van der Waals surface area contributed by atoms with Crippen molar-refractivity contribution in [3.63, 3.8) is 0 Å². The van der Waals surface area contributed by atoms with Gasteiger partial charge in [-0.2, -0.15) is 5.26 Å². The largest absolute Gasteiger partial charge is 0.497 e. The number of methoxy groups -OCH3 is 1. The maximum Gasteiger partial charge on any atom is 0.266 e. The van der Waals surface area contributed by atoms with E-state index in [1.54, 1.807) is 37.4 Å². The third-order valence-electron chi connectivity index (χ3n) is 3.11. The van der Waals surface area contributed by atoms with Gasteiger partial charge in [-0.3, -0.25) is 4.79 Å². The highest BCUT2D eigenvalue weighted by molar-refractivity contribution is 9.10. The van der Waals surface area contributed by atoms with E-state index < -0.39 is 5.91 Å². The van der Waals surface area contributed by atoms with Crippen molar-refractivity contribution < 1.29 is 9.53 Å². The van der Waals surface area contributed by atoms with E-state index >= 15 is 0 Å². The van der Waals surface area contributed by atoms with Crippen molar-refractivity contribution in [1.82, 2.24) is 0 Å². The molecular weight excluding hydrogens is 356 g/mol. The molecular formula is C18H15BrN2O2. The quantitative estimate of drug-likeness (QED) is 0.644. The van der Waals surface area contributed by atoms with Gasteiger partial charge >= 0.3 is 0 Å². The van der Waals surface area contributed by atoms with Crippen molar-refractivity contribution in [2.75, 3.05) is 12.4 Å². The Morgan fingerprint density at radius 1 is 1.26 bits per heavy atom. The second-order valence-corrected chi connectivity index (χ2v) is 5.83. The summed E-state index contributed by atoms with van der Waals surface area (Å²) < 4.78 is 5.98. The Labute approximate surface area is 143 Å². The standard InChI is InChI=1S/C18H15BrN2O2/c1-12-3-5-16(6-4-12)21-18(22)14(11-20)7-13-8-15(19)10-17(9-13)23-2/h3-10H,1-2H3,(H,21,22)/b14-7+. The number of hydrogen-bond donors (Lipinski definition) is 1. The molecule has 0 unspecified atom stereocenters. The number of anilines is 1. The van der Waals surface area contributed by atoms with Crippen LogP contribution in [0.25, 0.3) is 6.08 Å². The molecule has 116 valence electrons. The number of halogens is 1. The van der Waals surface area contributed by atoms with Crippen molar-refractivity contribution in [1.29, 1.82) is 5.26 Å². The summed E-state index contributed by atoms with van der Waals surface area (Å²) in [6.07, 6.45) is 1.52. The van der Waals surface area contributed by atoms with Crippen molar-refractivity contribution in [3.05, 3.63) is 63.6 Å². The van der Waals surface area contributed by atoms with Gasteiger partial charge in [-0.25, -0.2) is 0 Å². The van der Waals surface area contributed by atoms with Gasteiger partial charge in [-0.15, -0.1) is 0 Å². The van der Waals surface area contributed by atoms with E-state index in [9.17, 15) is 10.1 Å². The lowest BCUT2D eigenvalue weighted by Gasteiger charge is -2.06. The number of ether oxygens (including phenoxy) is 1. The average Bonchev–Trinajstić information content (AvgIpc) is 2.54. The van der Waals surface area contributed by atoms with Crippen molar-refractivity contribution >= 4 is 33.6 Å². The number of nitriles is 1. The number of hydrogen-bond acceptors (Lipinski definition) is 3. The molecule has 2 rings (SSSR count). The first-order chi connectivity index (χ1) is 11.0. The normalized spacial score (nSPS) is 10.8. The molecule has 0 fully saturated rings. The summed E-state index contributed by atoms with van der Waals surface area (Å²) >= 11 is 3.37. The molecule has 0 aliphatic rings. The van der Waals surface area contributed by atoms with Crippen LogP contribution in [0.1, 0.15) is 11.1 Å². The molecule has 0 saturated carbocycles. The van der Waals surface area contributed by atoms with Crippen LogP contribution in [0.3, 0.4) is 0 Å². The molecule has 0 spiro atoms. The van der Waals surface area contributed by atoms with Gasteiger partial charge in [0.15, 0.2) is 0 Å². The number of nitrogens with zero attached hydrogens (tertiary/aromatic N) is 1. The van der Waals surface area contributed by atoms with Crippen LogP contribution in [0.5, 0.6) is 5.75 Å². The molecule has 1 N–H and O–H groups in total. The maximum absolute atomic E-state index is 12.2. The third-order valence-corrected chi connectivity index (χ3v) is 3.57. The Morgan fingerprint density at radius 2 is 1.96 bits per heavy atom. The fraction of sp³-hybridized carbons (Fsp3) is 0.111. The van der Waals surface area contributed by atoms with Gasteiger partial charge < -0.3 is 10.1 Å². The van der Waals surface area contributed by atoms with E-state index in [4.69, 9.17) is 4.74 Å². The van der Waals surface area contributed by atoms with Gasteiger partial charge in [0.25, 0.3) is 5.91 Å². The summed E-state index contributed by atoms with van der Waals surface area (Å²) in [4.78, 5) is 12.2. The first-order valence-corrected chi connectivity index (χ1v) is 7.65. The van der Waals surface area contributed by atoms with Crippen LogP contribution in [0.2, 0.25) is 0 Å². The molecule has 2 aromatic carbocycles. The number of rotatable bonds is 4. The highest BCUT2D eigenvalue weighted by Crippen LogP contribution is 2.23. The summed E-state index contributed by atoms with van der Waals surface area (Å²) in [5.74, 6) is 0.192. The number of benzene rings is 2. The van der Waals surface area contributed by atoms with E-state index in [-0.39, 0.29) is 5.57 Å². The molecule has 0 atom stereocenters. The monoisotopic (exact) mass is 370 g/mol. The number of carbonyl (C=O) groups is 1. The van der Waals surface area contributed by atoms with Gasteiger partial charge in [0.05, 0.1) is 7.11 Å². The minimum absolute atomic E-state index is 0.0192. The van der Waals surface area contributed by atoms with E-state index in [0.717, 1.165) is 10.0 Å². The Bertz CT molecular complexity index is 790. The Morgan fingerprint density at radius 3 is 2.57 bits per heavy atom. The number of amides is 1. The second-order valence-electron chi connectivity index (χ2n) is 4.91.